The summed E-state index contributed by atoms with van der Waals surface area (Å²) in [4.78, 5) is 21.7. The van der Waals surface area contributed by atoms with Crippen LogP contribution in [0.1, 0.15) is 24.0 Å². The number of halogens is 3. The fourth-order valence-corrected chi connectivity index (χ4v) is 5.02. The van der Waals surface area contributed by atoms with Gasteiger partial charge in [0, 0.05) is 22.8 Å². The summed E-state index contributed by atoms with van der Waals surface area (Å²) in [5.41, 5.74) is 2.25. The van der Waals surface area contributed by atoms with Crippen molar-refractivity contribution in [3.8, 4) is 17.1 Å². The van der Waals surface area contributed by atoms with E-state index >= 15 is 0 Å². The lowest BCUT2D eigenvalue weighted by Crippen LogP contribution is -2.17. The van der Waals surface area contributed by atoms with Gasteiger partial charge in [-0.15, -0.1) is 0 Å². The average Bonchev–Trinajstić information content (AvgIpc) is 3.06. The first-order valence-electron chi connectivity index (χ1n) is 9.78. The number of aromatic nitrogens is 4. The van der Waals surface area contributed by atoms with Gasteiger partial charge in [0.05, 0.1) is 16.3 Å². The van der Waals surface area contributed by atoms with Gasteiger partial charge in [-0.05, 0) is 36.2 Å². The van der Waals surface area contributed by atoms with E-state index in [9.17, 15) is 13.2 Å². The number of fused-ring (bicyclic) bond motifs is 1. The summed E-state index contributed by atoms with van der Waals surface area (Å²) in [5, 5.41) is 4.13. The van der Waals surface area contributed by atoms with Crippen LogP contribution in [0.15, 0.2) is 41.2 Å². The number of aryl methyl sites for hydroxylation is 1. The van der Waals surface area contributed by atoms with Crippen LogP contribution in [-0.2, 0) is 22.9 Å². The van der Waals surface area contributed by atoms with Crippen molar-refractivity contribution in [2.45, 2.75) is 19.8 Å². The summed E-state index contributed by atoms with van der Waals surface area (Å²) in [5.74, 6) is 0.649. The van der Waals surface area contributed by atoms with E-state index in [4.69, 9.17) is 34.8 Å². The summed E-state index contributed by atoms with van der Waals surface area (Å²) in [7, 11) is -3.37. The van der Waals surface area contributed by atoms with E-state index in [0.717, 1.165) is 11.8 Å². The molecule has 0 saturated carbocycles. The van der Waals surface area contributed by atoms with E-state index in [2.05, 4.69) is 19.8 Å². The van der Waals surface area contributed by atoms with E-state index in [1.54, 1.807) is 41.1 Å². The van der Waals surface area contributed by atoms with Gasteiger partial charge in [0.15, 0.2) is 5.82 Å². The third-order valence-corrected chi connectivity index (χ3v) is 6.24. The molecule has 0 amide bonds. The van der Waals surface area contributed by atoms with Crippen LogP contribution in [0, 0.1) is 0 Å². The van der Waals surface area contributed by atoms with Gasteiger partial charge >= 0.3 is 0 Å². The largest absolute Gasteiger partial charge is 0.295 e. The van der Waals surface area contributed by atoms with Gasteiger partial charge in [-0.2, -0.15) is 4.98 Å². The monoisotopic (exact) mass is 525 g/mol. The third kappa shape index (κ3) is 5.01. The Morgan fingerprint density at radius 1 is 1.06 bits per heavy atom. The van der Waals surface area contributed by atoms with E-state index < -0.39 is 15.6 Å². The number of hydrogen-bond donors (Lipinski definition) is 2. The van der Waals surface area contributed by atoms with Crippen molar-refractivity contribution in [2.75, 3.05) is 11.0 Å². The maximum absolute atomic E-state index is 12.9. The van der Waals surface area contributed by atoms with E-state index in [0.29, 0.717) is 55.8 Å². The normalized spacial score (nSPS) is 11.8. The van der Waals surface area contributed by atoms with Crippen molar-refractivity contribution in [2.24, 2.45) is 0 Å². The highest BCUT2D eigenvalue weighted by atomic mass is 35.5. The Hall–Kier alpha value is -2.59. The minimum absolute atomic E-state index is 0.263. The van der Waals surface area contributed by atoms with Crippen LogP contribution < -0.4 is 10.3 Å². The average molecular weight is 527 g/mol. The molecule has 2 N–H and O–H groups in total. The van der Waals surface area contributed by atoms with Gasteiger partial charge in [-0.25, -0.2) is 18.1 Å². The fourth-order valence-electron chi connectivity index (χ4n) is 3.47. The summed E-state index contributed by atoms with van der Waals surface area (Å²) in [6, 6.07) is 9.85. The van der Waals surface area contributed by atoms with Crippen LogP contribution in [-0.4, -0.2) is 34.4 Å². The lowest BCUT2D eigenvalue weighted by atomic mass is 10.1. The predicted octanol–water partition coefficient (Wildman–Crippen LogP) is 4.55. The number of H-pyrrole nitrogens is 1. The molecule has 0 unspecified atom stereocenters. The standard InChI is InChI=1S/C21H18Cl3N5O3S/c1-3-16-18-20(29(27-16)19-14(23)9-12(22)10-15(19)24)25-17(26-21(18)30)8-11-4-6-13(7-5-11)28-33(2,31)32/h4-7,9-10,27-28H,3,8H2,1-2H3. The number of sulfonamides is 1. The Kier molecular flexibility index (Phi) is 6.41. The molecule has 2 aliphatic heterocycles. The molecule has 0 saturated heterocycles. The first kappa shape index (κ1) is 23.6. The molecular formula is C21H18Cl3N5O3S. The molecular weight excluding hydrogens is 509 g/mol. The number of hydrogen-bond acceptors (Lipinski definition) is 5. The van der Waals surface area contributed by atoms with E-state index in [1.807, 2.05) is 6.92 Å². The summed E-state index contributed by atoms with van der Waals surface area (Å²) in [6.07, 6.45) is 1.88. The molecule has 2 heterocycles. The minimum atomic E-state index is -3.37. The molecule has 2 aromatic carbocycles. The Balaban J connectivity index is 1.78. The van der Waals surface area contributed by atoms with Gasteiger partial charge in [0.2, 0.25) is 10.0 Å². The highest BCUT2D eigenvalue weighted by Crippen LogP contribution is 2.35. The molecule has 2 aromatic rings. The molecule has 0 aromatic heterocycles. The lowest BCUT2D eigenvalue weighted by molar-refractivity contribution is 0.607. The van der Waals surface area contributed by atoms with Gasteiger partial charge in [0.25, 0.3) is 5.56 Å². The van der Waals surface area contributed by atoms with Gasteiger partial charge in [-0.1, -0.05) is 53.9 Å². The number of benzene rings is 2. The zero-order valence-corrected chi connectivity index (χ0v) is 20.6. The van der Waals surface area contributed by atoms with Crippen molar-refractivity contribution >= 4 is 50.5 Å². The molecule has 172 valence electrons. The molecule has 0 spiro atoms. The lowest BCUT2D eigenvalue weighted by Gasteiger charge is -2.12. The number of rotatable bonds is 6. The first-order chi connectivity index (χ1) is 15.6. The SMILES string of the molecule is CCc1[nH]n(-c2c(Cl)cc(Cl)cc2Cl)c2nc(Cc3ccc(NS(C)(=O)=O)cc3)nc(=O)c1-2. The highest BCUT2D eigenvalue weighted by Gasteiger charge is 2.25. The molecule has 8 nitrogen and oxygen atoms in total. The number of anilines is 1. The molecule has 0 fully saturated rings. The quantitative estimate of drug-likeness (QED) is 0.383. The second kappa shape index (κ2) is 8.98. The maximum Gasteiger partial charge on any atom is 0.284 e. The van der Waals surface area contributed by atoms with Crippen molar-refractivity contribution in [3.05, 3.63) is 78.9 Å². The zero-order chi connectivity index (χ0) is 23.9. The van der Waals surface area contributed by atoms with Crippen LogP contribution in [0.25, 0.3) is 17.1 Å². The number of nitrogens with one attached hydrogen (secondary N) is 2. The number of aromatic amines is 1. The van der Waals surface area contributed by atoms with Gasteiger partial charge in [-0.3, -0.25) is 14.6 Å². The molecule has 4 rings (SSSR count). The maximum atomic E-state index is 12.9. The Morgan fingerprint density at radius 2 is 1.70 bits per heavy atom. The molecule has 0 bridgehead atoms. The fraction of sp³-hybridized carbons (Fsp3) is 0.190. The molecule has 33 heavy (non-hydrogen) atoms. The first-order valence-corrected chi connectivity index (χ1v) is 12.8. The Morgan fingerprint density at radius 3 is 2.27 bits per heavy atom. The number of nitrogens with zero attached hydrogens (tertiary/aromatic N) is 3. The third-order valence-electron chi connectivity index (χ3n) is 4.84. The summed E-state index contributed by atoms with van der Waals surface area (Å²) < 4.78 is 26.7. The smallest absolute Gasteiger partial charge is 0.284 e. The van der Waals surface area contributed by atoms with Crippen LogP contribution in [0.3, 0.4) is 0 Å². The molecule has 2 aliphatic rings. The molecule has 0 aliphatic carbocycles. The van der Waals surface area contributed by atoms with Crippen molar-refractivity contribution in [1.82, 2.24) is 19.7 Å². The highest BCUT2D eigenvalue weighted by molar-refractivity contribution is 7.92. The second-order valence-electron chi connectivity index (χ2n) is 7.39. The van der Waals surface area contributed by atoms with Crippen LogP contribution in [0.4, 0.5) is 5.69 Å². The van der Waals surface area contributed by atoms with Crippen molar-refractivity contribution < 1.29 is 8.42 Å². The minimum Gasteiger partial charge on any atom is -0.295 e. The summed E-state index contributed by atoms with van der Waals surface area (Å²) in [6.45, 7) is 1.90. The van der Waals surface area contributed by atoms with Gasteiger partial charge < -0.3 is 0 Å². The molecule has 12 heteroatoms. The van der Waals surface area contributed by atoms with Gasteiger partial charge in [0.1, 0.15) is 17.1 Å². The summed E-state index contributed by atoms with van der Waals surface area (Å²) >= 11 is 18.9. The Labute approximate surface area is 204 Å². The second-order valence-corrected chi connectivity index (χ2v) is 10.4. The van der Waals surface area contributed by atoms with Crippen LogP contribution >= 0.6 is 34.8 Å². The van der Waals surface area contributed by atoms with E-state index in [1.165, 1.54) is 0 Å². The zero-order valence-electron chi connectivity index (χ0n) is 17.5. The predicted molar refractivity (Wildman–Crippen MR) is 131 cm³/mol. The molecule has 0 radical (unpaired) electrons. The molecule has 0 atom stereocenters. The van der Waals surface area contributed by atoms with Crippen LogP contribution in [0.2, 0.25) is 15.1 Å². The van der Waals surface area contributed by atoms with Crippen molar-refractivity contribution in [1.29, 1.82) is 0 Å². The topological polar surface area (TPSA) is 110 Å². The van der Waals surface area contributed by atoms with E-state index in [-0.39, 0.29) is 6.42 Å². The Bertz CT molecular complexity index is 1460. The van der Waals surface area contributed by atoms with Crippen LogP contribution in [0.5, 0.6) is 0 Å². The van der Waals surface area contributed by atoms with Crippen molar-refractivity contribution in [3.63, 3.8) is 0 Å².